The predicted octanol–water partition coefficient (Wildman–Crippen LogP) is 3.62. The Bertz CT molecular complexity index is 499. The predicted molar refractivity (Wildman–Crippen MR) is 74.3 cm³/mol. The summed E-state index contributed by atoms with van der Waals surface area (Å²) in [7, 11) is 1.91. The Morgan fingerprint density at radius 3 is 2.78 bits per heavy atom. The number of nitrogens with zero attached hydrogens (tertiary/aromatic N) is 1. The summed E-state index contributed by atoms with van der Waals surface area (Å²) in [5.41, 5.74) is 1.69. The average Bonchev–Trinajstić information content (AvgIpc) is 2.74. The van der Waals surface area contributed by atoms with Crippen molar-refractivity contribution in [2.45, 2.75) is 26.3 Å². The molecule has 4 heteroatoms. The molecule has 1 aromatic heterocycles. The molecule has 0 unspecified atom stereocenters. The quantitative estimate of drug-likeness (QED) is 0.892. The zero-order valence-electron chi connectivity index (χ0n) is 10.7. The molecule has 1 N–H and O–H groups in total. The monoisotopic (exact) mass is 264 g/mol. The lowest BCUT2D eigenvalue weighted by Gasteiger charge is -1.98. The van der Waals surface area contributed by atoms with Crippen molar-refractivity contribution in [3.05, 3.63) is 40.7 Å². The van der Waals surface area contributed by atoms with Crippen molar-refractivity contribution < 1.29 is 4.39 Å². The number of nitrogens with one attached hydrogen (secondary N) is 1. The van der Waals surface area contributed by atoms with Crippen molar-refractivity contribution in [3.63, 3.8) is 0 Å². The summed E-state index contributed by atoms with van der Waals surface area (Å²) in [6.45, 7) is 2.92. The van der Waals surface area contributed by atoms with Gasteiger partial charge in [-0.05, 0) is 25.6 Å². The molecule has 0 amide bonds. The first kappa shape index (κ1) is 13.2. The second-order valence-corrected chi connectivity index (χ2v) is 5.23. The Balaban J connectivity index is 2.40. The molecule has 96 valence electrons. The van der Waals surface area contributed by atoms with Crippen molar-refractivity contribution in [3.8, 4) is 10.6 Å². The fourth-order valence-corrected chi connectivity index (χ4v) is 3.01. The summed E-state index contributed by atoms with van der Waals surface area (Å²) in [5.74, 6) is -0.203. The minimum absolute atomic E-state index is 0.203. The van der Waals surface area contributed by atoms with Crippen LogP contribution in [0, 0.1) is 5.82 Å². The first-order valence-corrected chi connectivity index (χ1v) is 6.96. The molecule has 2 nitrogen and oxygen atoms in total. The van der Waals surface area contributed by atoms with E-state index in [4.69, 9.17) is 0 Å². The molecule has 0 saturated carbocycles. The van der Waals surface area contributed by atoms with E-state index in [1.54, 1.807) is 23.5 Å². The molecule has 1 heterocycles. The minimum atomic E-state index is -0.203. The smallest absolute Gasteiger partial charge is 0.133 e. The van der Waals surface area contributed by atoms with E-state index in [1.807, 2.05) is 13.1 Å². The van der Waals surface area contributed by atoms with E-state index in [0.29, 0.717) is 5.56 Å². The summed E-state index contributed by atoms with van der Waals surface area (Å²) in [4.78, 5) is 5.79. The Labute approximate surface area is 111 Å². The zero-order valence-corrected chi connectivity index (χ0v) is 11.5. The van der Waals surface area contributed by atoms with Gasteiger partial charge in [-0.15, -0.1) is 11.3 Å². The number of hydrogen-bond acceptors (Lipinski definition) is 3. The third-order valence-corrected chi connectivity index (χ3v) is 3.84. The van der Waals surface area contributed by atoms with Crippen molar-refractivity contribution in [2.75, 3.05) is 7.05 Å². The van der Waals surface area contributed by atoms with Gasteiger partial charge < -0.3 is 5.32 Å². The molecule has 2 aromatic rings. The maximum absolute atomic E-state index is 13.7. The van der Waals surface area contributed by atoms with Gasteiger partial charge in [0, 0.05) is 17.0 Å². The van der Waals surface area contributed by atoms with Crippen LogP contribution in [0.15, 0.2) is 24.3 Å². The molecule has 0 bridgehead atoms. The zero-order chi connectivity index (χ0) is 13.0. The fourth-order valence-electron chi connectivity index (χ4n) is 1.86. The van der Waals surface area contributed by atoms with Gasteiger partial charge >= 0.3 is 0 Å². The SMILES string of the molecule is CCCc1nc(-c2ccccc2F)sc1CNC. The highest BCUT2D eigenvalue weighted by Crippen LogP contribution is 2.30. The van der Waals surface area contributed by atoms with Gasteiger partial charge in [-0.2, -0.15) is 0 Å². The first-order valence-electron chi connectivity index (χ1n) is 6.14. The molecule has 0 spiro atoms. The van der Waals surface area contributed by atoms with Crippen LogP contribution >= 0.6 is 11.3 Å². The Hall–Kier alpha value is -1.26. The molecule has 18 heavy (non-hydrogen) atoms. The number of benzene rings is 1. The average molecular weight is 264 g/mol. The van der Waals surface area contributed by atoms with Gasteiger partial charge in [0.15, 0.2) is 0 Å². The Morgan fingerprint density at radius 2 is 2.11 bits per heavy atom. The molecule has 1 aromatic carbocycles. The number of halogens is 1. The number of rotatable bonds is 5. The first-order chi connectivity index (χ1) is 8.76. The molecule has 0 aliphatic rings. The van der Waals surface area contributed by atoms with E-state index in [2.05, 4.69) is 17.2 Å². The largest absolute Gasteiger partial charge is 0.315 e. The summed E-state index contributed by atoms with van der Waals surface area (Å²) in [6, 6.07) is 6.81. The molecule has 0 saturated heterocycles. The number of thiazole rings is 1. The van der Waals surface area contributed by atoms with E-state index in [-0.39, 0.29) is 5.82 Å². The van der Waals surface area contributed by atoms with Crippen molar-refractivity contribution in [1.29, 1.82) is 0 Å². The van der Waals surface area contributed by atoms with Gasteiger partial charge in [-0.25, -0.2) is 9.37 Å². The lowest BCUT2D eigenvalue weighted by molar-refractivity contribution is 0.631. The van der Waals surface area contributed by atoms with E-state index in [9.17, 15) is 4.39 Å². The second kappa shape index (κ2) is 6.07. The fraction of sp³-hybridized carbons (Fsp3) is 0.357. The maximum atomic E-state index is 13.7. The summed E-state index contributed by atoms with van der Waals surface area (Å²) < 4.78 is 13.7. The molecule has 0 radical (unpaired) electrons. The molecule has 2 rings (SSSR count). The highest BCUT2D eigenvalue weighted by molar-refractivity contribution is 7.15. The van der Waals surface area contributed by atoms with Crippen LogP contribution in [-0.2, 0) is 13.0 Å². The topological polar surface area (TPSA) is 24.9 Å². The van der Waals surface area contributed by atoms with Gasteiger partial charge in [0.25, 0.3) is 0 Å². The van der Waals surface area contributed by atoms with Gasteiger partial charge in [-0.3, -0.25) is 0 Å². The number of aromatic nitrogens is 1. The number of hydrogen-bond donors (Lipinski definition) is 1. The molecular weight excluding hydrogens is 247 g/mol. The molecular formula is C14H17FN2S. The van der Waals surface area contributed by atoms with Crippen LogP contribution in [0.3, 0.4) is 0 Å². The maximum Gasteiger partial charge on any atom is 0.133 e. The molecule has 0 aliphatic heterocycles. The van der Waals surface area contributed by atoms with Crippen molar-refractivity contribution >= 4 is 11.3 Å². The Kier molecular flexibility index (Phi) is 4.44. The van der Waals surface area contributed by atoms with Gasteiger partial charge in [-0.1, -0.05) is 25.5 Å². The van der Waals surface area contributed by atoms with Crippen molar-refractivity contribution in [2.24, 2.45) is 0 Å². The van der Waals surface area contributed by atoms with Gasteiger partial charge in [0.2, 0.25) is 0 Å². The lowest BCUT2D eigenvalue weighted by atomic mass is 10.2. The molecule has 0 aliphatic carbocycles. The minimum Gasteiger partial charge on any atom is -0.315 e. The number of aryl methyl sites for hydroxylation is 1. The van der Waals surface area contributed by atoms with Crippen LogP contribution in [0.4, 0.5) is 4.39 Å². The highest BCUT2D eigenvalue weighted by atomic mass is 32.1. The van der Waals surface area contributed by atoms with Crippen molar-refractivity contribution in [1.82, 2.24) is 10.3 Å². The van der Waals surface area contributed by atoms with E-state index < -0.39 is 0 Å². The van der Waals surface area contributed by atoms with Crippen LogP contribution in [0.25, 0.3) is 10.6 Å². The van der Waals surface area contributed by atoms with Gasteiger partial charge in [0.05, 0.1) is 5.69 Å². The molecule has 0 atom stereocenters. The lowest BCUT2D eigenvalue weighted by Crippen LogP contribution is -2.05. The van der Waals surface area contributed by atoms with Crippen LogP contribution in [-0.4, -0.2) is 12.0 Å². The van der Waals surface area contributed by atoms with Crippen LogP contribution in [0.5, 0.6) is 0 Å². The van der Waals surface area contributed by atoms with E-state index in [0.717, 1.165) is 30.1 Å². The summed E-state index contributed by atoms with van der Waals surface area (Å²) >= 11 is 1.58. The van der Waals surface area contributed by atoms with Crippen LogP contribution < -0.4 is 5.32 Å². The normalized spacial score (nSPS) is 10.8. The van der Waals surface area contributed by atoms with Crippen LogP contribution in [0.1, 0.15) is 23.9 Å². The standard InChI is InChI=1S/C14H17FN2S/c1-3-6-12-13(9-16-2)18-14(17-12)10-7-4-5-8-11(10)15/h4-5,7-8,16H,3,6,9H2,1-2H3. The molecule has 0 fully saturated rings. The Morgan fingerprint density at radius 1 is 1.33 bits per heavy atom. The summed E-state index contributed by atoms with van der Waals surface area (Å²) in [6.07, 6.45) is 2.00. The van der Waals surface area contributed by atoms with Crippen LogP contribution in [0.2, 0.25) is 0 Å². The van der Waals surface area contributed by atoms with E-state index in [1.165, 1.54) is 10.9 Å². The van der Waals surface area contributed by atoms with Gasteiger partial charge in [0.1, 0.15) is 10.8 Å². The third kappa shape index (κ3) is 2.76. The second-order valence-electron chi connectivity index (χ2n) is 4.15. The summed E-state index contributed by atoms with van der Waals surface area (Å²) in [5, 5.41) is 3.92. The van der Waals surface area contributed by atoms with E-state index >= 15 is 0 Å². The highest BCUT2D eigenvalue weighted by Gasteiger charge is 2.13. The third-order valence-electron chi connectivity index (χ3n) is 2.71.